The fourth-order valence-corrected chi connectivity index (χ4v) is 4.29. The standard InChI is InChI=1S/C24H30N6O5/c25-15-19(23(32)29-10-12-30(13-11-29)24(33)34)27-22(31)18-14-20(35-17-8-4-5-9-17)28-21(26-18)16-6-2-1-3-7-16/h1-3,6-7,14,17,19H,4-5,8-13,15,25H2,(H,27,31)(H,33,34)/t19-/m0/s1. The lowest BCUT2D eigenvalue weighted by Crippen LogP contribution is -2.57. The number of nitrogens with one attached hydrogen (secondary N) is 1. The highest BCUT2D eigenvalue weighted by Gasteiger charge is 2.30. The minimum absolute atomic E-state index is 0.0484. The predicted molar refractivity (Wildman–Crippen MR) is 127 cm³/mol. The highest BCUT2D eigenvalue weighted by molar-refractivity contribution is 5.96. The van der Waals surface area contributed by atoms with Gasteiger partial charge in [-0.1, -0.05) is 30.3 Å². The van der Waals surface area contributed by atoms with Crippen LogP contribution in [0, 0.1) is 0 Å². The maximum Gasteiger partial charge on any atom is 0.407 e. The van der Waals surface area contributed by atoms with Crippen molar-refractivity contribution in [2.45, 2.75) is 37.8 Å². The van der Waals surface area contributed by atoms with Gasteiger partial charge in [0, 0.05) is 44.4 Å². The molecule has 0 spiro atoms. The second-order valence-electron chi connectivity index (χ2n) is 8.66. The number of carbonyl (C=O) groups is 3. The van der Waals surface area contributed by atoms with Crippen LogP contribution < -0.4 is 15.8 Å². The minimum atomic E-state index is -1.02. The van der Waals surface area contributed by atoms with Gasteiger partial charge in [0.25, 0.3) is 5.91 Å². The van der Waals surface area contributed by atoms with Crippen molar-refractivity contribution >= 4 is 17.9 Å². The molecule has 1 aromatic heterocycles. The van der Waals surface area contributed by atoms with E-state index in [2.05, 4.69) is 15.3 Å². The molecule has 11 heteroatoms. The summed E-state index contributed by atoms with van der Waals surface area (Å²) in [6.07, 6.45) is 3.09. The van der Waals surface area contributed by atoms with Crippen LogP contribution in [-0.2, 0) is 4.79 Å². The summed E-state index contributed by atoms with van der Waals surface area (Å²) in [5.41, 5.74) is 6.63. The van der Waals surface area contributed by atoms with Gasteiger partial charge < -0.3 is 30.7 Å². The summed E-state index contributed by atoms with van der Waals surface area (Å²) in [4.78, 5) is 48.9. The summed E-state index contributed by atoms with van der Waals surface area (Å²) >= 11 is 0. The number of nitrogens with two attached hydrogens (primary N) is 1. The van der Waals surface area contributed by atoms with Crippen LogP contribution in [0.1, 0.15) is 36.2 Å². The molecule has 1 aliphatic heterocycles. The molecule has 0 unspecified atom stereocenters. The first kappa shape index (κ1) is 24.4. The lowest BCUT2D eigenvalue weighted by Gasteiger charge is -2.35. The van der Waals surface area contributed by atoms with Crippen molar-refractivity contribution < 1.29 is 24.2 Å². The molecule has 2 aromatic rings. The predicted octanol–water partition coefficient (Wildman–Crippen LogP) is 1.34. The van der Waals surface area contributed by atoms with Gasteiger partial charge in [0.15, 0.2) is 5.82 Å². The van der Waals surface area contributed by atoms with Gasteiger partial charge in [-0.25, -0.2) is 9.78 Å². The summed E-state index contributed by atoms with van der Waals surface area (Å²) in [5.74, 6) is -0.248. The summed E-state index contributed by atoms with van der Waals surface area (Å²) < 4.78 is 6.05. The SMILES string of the molecule is NC[C@H](NC(=O)c1cc(OC2CCCC2)nc(-c2ccccc2)n1)C(=O)N1CCN(C(=O)O)CC1. The van der Waals surface area contributed by atoms with Crippen molar-refractivity contribution in [1.82, 2.24) is 25.1 Å². The van der Waals surface area contributed by atoms with Crippen molar-refractivity contribution in [2.75, 3.05) is 32.7 Å². The number of benzene rings is 1. The Labute approximate surface area is 203 Å². The summed E-state index contributed by atoms with van der Waals surface area (Å²) in [6.45, 7) is 0.790. The number of carboxylic acid groups (broad SMARTS) is 1. The second kappa shape index (κ2) is 11.1. The Hall–Kier alpha value is -3.73. The maximum atomic E-state index is 13.1. The fraction of sp³-hybridized carbons (Fsp3) is 0.458. The molecule has 1 atom stereocenters. The largest absolute Gasteiger partial charge is 0.474 e. The lowest BCUT2D eigenvalue weighted by molar-refractivity contribution is -0.134. The number of rotatable bonds is 7. The first-order chi connectivity index (χ1) is 16.9. The monoisotopic (exact) mass is 482 g/mol. The van der Waals surface area contributed by atoms with Gasteiger partial charge in [-0.05, 0) is 25.7 Å². The Kier molecular flexibility index (Phi) is 7.76. The van der Waals surface area contributed by atoms with Crippen molar-refractivity contribution in [3.05, 3.63) is 42.1 Å². The van der Waals surface area contributed by atoms with Crippen LogP contribution >= 0.6 is 0 Å². The molecule has 2 aliphatic rings. The van der Waals surface area contributed by atoms with E-state index >= 15 is 0 Å². The average Bonchev–Trinajstić information content (AvgIpc) is 3.40. The third-order valence-corrected chi connectivity index (χ3v) is 6.26. The van der Waals surface area contributed by atoms with Gasteiger partial charge in [0.1, 0.15) is 17.8 Å². The number of amides is 3. The summed E-state index contributed by atoms with van der Waals surface area (Å²) in [7, 11) is 0. The van der Waals surface area contributed by atoms with E-state index in [-0.39, 0.29) is 50.4 Å². The normalized spacial score (nSPS) is 17.2. The van der Waals surface area contributed by atoms with Crippen LogP contribution in [0.4, 0.5) is 4.79 Å². The second-order valence-corrected chi connectivity index (χ2v) is 8.66. The smallest absolute Gasteiger partial charge is 0.407 e. The van der Waals surface area contributed by atoms with Gasteiger partial charge in [0.05, 0.1) is 0 Å². The molecule has 3 amide bonds. The molecular weight excluding hydrogens is 452 g/mol. The molecule has 1 saturated heterocycles. The molecule has 1 saturated carbocycles. The topological polar surface area (TPSA) is 151 Å². The molecule has 35 heavy (non-hydrogen) atoms. The van der Waals surface area contributed by atoms with E-state index in [1.807, 2.05) is 30.3 Å². The molecule has 4 rings (SSSR count). The first-order valence-electron chi connectivity index (χ1n) is 11.8. The molecule has 11 nitrogen and oxygen atoms in total. The van der Waals surface area contributed by atoms with Gasteiger partial charge in [0.2, 0.25) is 11.8 Å². The van der Waals surface area contributed by atoms with E-state index in [1.54, 1.807) is 0 Å². The van der Waals surface area contributed by atoms with E-state index < -0.39 is 18.0 Å². The highest BCUT2D eigenvalue weighted by atomic mass is 16.5. The van der Waals surface area contributed by atoms with E-state index in [0.29, 0.717) is 11.7 Å². The first-order valence-corrected chi connectivity index (χ1v) is 11.8. The van der Waals surface area contributed by atoms with Crippen LogP contribution in [0.25, 0.3) is 11.4 Å². The number of nitrogens with zero attached hydrogens (tertiary/aromatic N) is 4. The van der Waals surface area contributed by atoms with E-state index in [0.717, 1.165) is 31.2 Å². The van der Waals surface area contributed by atoms with Crippen molar-refractivity contribution in [3.8, 4) is 17.3 Å². The Balaban J connectivity index is 1.50. The number of aromatic nitrogens is 2. The number of carbonyl (C=O) groups excluding carboxylic acids is 2. The highest BCUT2D eigenvalue weighted by Crippen LogP contribution is 2.25. The lowest BCUT2D eigenvalue weighted by atomic mass is 10.2. The average molecular weight is 483 g/mol. The molecule has 4 N–H and O–H groups in total. The van der Waals surface area contributed by atoms with Gasteiger partial charge >= 0.3 is 6.09 Å². The van der Waals surface area contributed by atoms with Crippen LogP contribution in [0.15, 0.2) is 36.4 Å². The molecule has 0 radical (unpaired) electrons. The molecule has 2 fully saturated rings. The molecule has 2 heterocycles. The summed E-state index contributed by atoms with van der Waals surface area (Å²) in [5, 5.41) is 11.8. The van der Waals surface area contributed by atoms with Crippen molar-refractivity contribution in [3.63, 3.8) is 0 Å². The molecule has 0 bridgehead atoms. The number of hydrogen-bond acceptors (Lipinski definition) is 7. The zero-order valence-corrected chi connectivity index (χ0v) is 19.4. The van der Waals surface area contributed by atoms with Gasteiger partial charge in [-0.15, -0.1) is 0 Å². The Morgan fingerprint density at radius 2 is 1.71 bits per heavy atom. The molecule has 1 aliphatic carbocycles. The zero-order valence-electron chi connectivity index (χ0n) is 19.4. The third kappa shape index (κ3) is 6.04. The van der Waals surface area contributed by atoms with Gasteiger partial charge in [-0.3, -0.25) is 9.59 Å². The van der Waals surface area contributed by atoms with Crippen LogP contribution in [0.5, 0.6) is 5.88 Å². The Bertz CT molecular complexity index is 1050. The van der Waals surface area contributed by atoms with Crippen LogP contribution in [0.3, 0.4) is 0 Å². The number of ether oxygens (including phenoxy) is 1. The number of hydrogen-bond donors (Lipinski definition) is 3. The number of piperazine rings is 1. The Morgan fingerprint density at radius 1 is 1.06 bits per heavy atom. The summed E-state index contributed by atoms with van der Waals surface area (Å²) in [6, 6.07) is 9.81. The third-order valence-electron chi connectivity index (χ3n) is 6.26. The van der Waals surface area contributed by atoms with Crippen molar-refractivity contribution in [1.29, 1.82) is 0 Å². The maximum absolute atomic E-state index is 13.1. The Morgan fingerprint density at radius 3 is 2.34 bits per heavy atom. The van der Waals surface area contributed by atoms with Gasteiger partial charge in [-0.2, -0.15) is 4.98 Å². The van der Waals surface area contributed by atoms with Crippen molar-refractivity contribution in [2.24, 2.45) is 5.73 Å². The molecule has 1 aromatic carbocycles. The quantitative estimate of drug-likeness (QED) is 0.535. The minimum Gasteiger partial charge on any atom is -0.474 e. The van der Waals surface area contributed by atoms with E-state index in [1.165, 1.54) is 15.9 Å². The van der Waals surface area contributed by atoms with E-state index in [4.69, 9.17) is 15.6 Å². The fourth-order valence-electron chi connectivity index (χ4n) is 4.29. The van der Waals surface area contributed by atoms with E-state index in [9.17, 15) is 14.4 Å². The molecular formula is C24H30N6O5. The molecule has 186 valence electrons. The van der Waals surface area contributed by atoms with Crippen LogP contribution in [0.2, 0.25) is 0 Å². The van der Waals surface area contributed by atoms with Crippen LogP contribution in [-0.4, -0.2) is 87.7 Å². The zero-order chi connectivity index (χ0) is 24.8.